The van der Waals surface area contributed by atoms with Crippen molar-refractivity contribution in [1.82, 2.24) is 9.80 Å². The molecule has 0 unspecified atom stereocenters. The Bertz CT molecular complexity index is 616. The van der Waals surface area contributed by atoms with Gasteiger partial charge in [-0.1, -0.05) is 0 Å². The maximum atomic E-state index is 12.1. The van der Waals surface area contributed by atoms with Crippen LogP contribution >= 0.6 is 23.1 Å². The molecular weight excluding hydrogens is 318 g/mol. The van der Waals surface area contributed by atoms with Gasteiger partial charge in [0.25, 0.3) is 5.91 Å². The first kappa shape index (κ1) is 15.7. The summed E-state index contributed by atoms with van der Waals surface area (Å²) in [6, 6.07) is 2.06. The predicted octanol–water partition coefficient (Wildman–Crippen LogP) is 1.64. The number of rotatable bonds is 3. The lowest BCUT2D eigenvalue weighted by Crippen LogP contribution is -2.48. The fourth-order valence-electron chi connectivity index (χ4n) is 2.49. The summed E-state index contributed by atoms with van der Waals surface area (Å²) >= 11 is 3.12. The summed E-state index contributed by atoms with van der Waals surface area (Å²) in [5.41, 5.74) is 1.19. The van der Waals surface area contributed by atoms with E-state index in [0.29, 0.717) is 4.91 Å². The van der Waals surface area contributed by atoms with Crippen molar-refractivity contribution >= 4 is 40.2 Å². The van der Waals surface area contributed by atoms with Crippen LogP contribution in [0.25, 0.3) is 6.08 Å². The highest BCUT2D eigenvalue weighted by molar-refractivity contribution is 8.18. The number of amidine groups is 1. The van der Waals surface area contributed by atoms with Crippen LogP contribution in [-0.2, 0) is 4.79 Å². The van der Waals surface area contributed by atoms with Crippen molar-refractivity contribution in [2.45, 2.75) is 6.92 Å². The summed E-state index contributed by atoms with van der Waals surface area (Å²) < 4.78 is 0. The number of carbonyl (C=O) groups is 1. The number of carbonyl (C=O) groups excluding carboxylic acids is 1. The van der Waals surface area contributed by atoms with Gasteiger partial charge in [0.15, 0.2) is 5.17 Å². The van der Waals surface area contributed by atoms with E-state index in [0.717, 1.165) is 42.8 Å². The molecule has 3 heterocycles. The average Bonchev–Trinajstić information content (AvgIpc) is 3.08. The number of piperazine rings is 1. The van der Waals surface area contributed by atoms with Crippen LogP contribution in [0.4, 0.5) is 0 Å². The molecule has 7 heteroatoms. The maximum absolute atomic E-state index is 12.1. The maximum Gasteiger partial charge on any atom is 0.286 e. The SMILES string of the molecule is Cc1ccsc1C=C1SC(N2CCN(CCO)CC2)=NC1=O. The van der Waals surface area contributed by atoms with Crippen molar-refractivity contribution < 1.29 is 9.90 Å². The first-order valence-corrected chi connectivity index (χ1v) is 9.02. The lowest BCUT2D eigenvalue weighted by atomic mass is 10.3. The van der Waals surface area contributed by atoms with Gasteiger partial charge in [0.05, 0.1) is 11.5 Å². The van der Waals surface area contributed by atoms with Gasteiger partial charge in [0.1, 0.15) is 0 Å². The molecule has 118 valence electrons. The summed E-state index contributed by atoms with van der Waals surface area (Å²) in [7, 11) is 0. The zero-order valence-electron chi connectivity index (χ0n) is 12.5. The highest BCUT2D eigenvalue weighted by atomic mass is 32.2. The predicted molar refractivity (Wildman–Crippen MR) is 92.2 cm³/mol. The van der Waals surface area contributed by atoms with Crippen molar-refractivity contribution in [2.75, 3.05) is 39.3 Å². The van der Waals surface area contributed by atoms with E-state index >= 15 is 0 Å². The smallest absolute Gasteiger partial charge is 0.286 e. The van der Waals surface area contributed by atoms with Crippen LogP contribution in [0, 0.1) is 6.92 Å². The Labute approximate surface area is 138 Å². The molecular formula is C15H19N3O2S2. The van der Waals surface area contributed by atoms with Gasteiger partial charge >= 0.3 is 0 Å². The second-order valence-electron chi connectivity index (χ2n) is 5.33. The lowest BCUT2D eigenvalue weighted by Gasteiger charge is -2.34. The van der Waals surface area contributed by atoms with E-state index in [1.165, 1.54) is 17.3 Å². The Morgan fingerprint density at radius 2 is 2.14 bits per heavy atom. The van der Waals surface area contributed by atoms with Gasteiger partial charge in [0, 0.05) is 37.6 Å². The molecule has 0 bridgehead atoms. The molecule has 3 rings (SSSR count). The molecule has 2 aliphatic heterocycles. The number of β-amino-alcohol motifs (C(OH)–C–C–N with tert-alkyl or cyclic N) is 1. The Hall–Kier alpha value is -1.15. The quantitative estimate of drug-likeness (QED) is 0.850. The minimum atomic E-state index is -0.134. The molecule has 0 aliphatic carbocycles. The van der Waals surface area contributed by atoms with Crippen molar-refractivity contribution in [2.24, 2.45) is 4.99 Å². The van der Waals surface area contributed by atoms with Gasteiger partial charge in [-0.2, -0.15) is 4.99 Å². The third-order valence-corrected chi connectivity index (χ3v) is 5.84. The summed E-state index contributed by atoms with van der Waals surface area (Å²) in [4.78, 5) is 22.5. The van der Waals surface area contributed by atoms with Crippen molar-refractivity contribution in [1.29, 1.82) is 0 Å². The first-order valence-electron chi connectivity index (χ1n) is 7.32. The number of hydrogen-bond acceptors (Lipinski definition) is 6. The minimum Gasteiger partial charge on any atom is -0.395 e. The van der Waals surface area contributed by atoms with Gasteiger partial charge in [0.2, 0.25) is 0 Å². The summed E-state index contributed by atoms with van der Waals surface area (Å²) in [6.07, 6.45) is 1.95. The molecule has 22 heavy (non-hydrogen) atoms. The molecule has 0 atom stereocenters. The van der Waals surface area contributed by atoms with E-state index in [1.807, 2.05) is 11.5 Å². The standard InChI is InChI=1S/C15H19N3O2S2/c1-11-2-9-21-12(11)10-13-14(20)16-15(22-13)18-5-3-17(4-6-18)7-8-19/h2,9-10,19H,3-8H2,1H3. The number of hydrogen-bond donors (Lipinski definition) is 1. The molecule has 0 aromatic carbocycles. The van der Waals surface area contributed by atoms with E-state index in [9.17, 15) is 4.79 Å². The monoisotopic (exact) mass is 337 g/mol. The van der Waals surface area contributed by atoms with Crippen LogP contribution in [0.15, 0.2) is 21.3 Å². The van der Waals surface area contributed by atoms with E-state index in [2.05, 4.69) is 27.8 Å². The fourth-order valence-corrected chi connectivity index (χ4v) is 4.37. The molecule has 1 aromatic heterocycles. The number of thioether (sulfide) groups is 1. The third kappa shape index (κ3) is 3.43. The van der Waals surface area contributed by atoms with Crippen LogP contribution in [0.5, 0.6) is 0 Å². The van der Waals surface area contributed by atoms with Crippen LogP contribution in [-0.4, -0.2) is 65.3 Å². The Morgan fingerprint density at radius 3 is 2.77 bits per heavy atom. The number of amides is 1. The molecule has 5 nitrogen and oxygen atoms in total. The van der Waals surface area contributed by atoms with E-state index in [4.69, 9.17) is 5.11 Å². The second kappa shape index (κ2) is 6.95. The number of thiophene rings is 1. The van der Waals surface area contributed by atoms with E-state index < -0.39 is 0 Å². The zero-order chi connectivity index (χ0) is 15.5. The molecule has 1 saturated heterocycles. The largest absolute Gasteiger partial charge is 0.395 e. The van der Waals surface area contributed by atoms with Gasteiger partial charge < -0.3 is 10.0 Å². The van der Waals surface area contributed by atoms with Crippen LogP contribution < -0.4 is 0 Å². The summed E-state index contributed by atoms with van der Waals surface area (Å²) in [6.45, 7) is 6.47. The molecule has 1 fully saturated rings. The summed E-state index contributed by atoms with van der Waals surface area (Å²) in [5.74, 6) is -0.134. The number of nitrogens with zero attached hydrogens (tertiary/aromatic N) is 3. The van der Waals surface area contributed by atoms with Gasteiger partial charge in [-0.25, -0.2) is 0 Å². The Kier molecular flexibility index (Phi) is 4.97. The molecule has 0 spiro atoms. The van der Waals surface area contributed by atoms with Gasteiger partial charge in [-0.3, -0.25) is 9.69 Å². The number of aliphatic hydroxyl groups excluding tert-OH is 1. The Morgan fingerprint density at radius 1 is 1.36 bits per heavy atom. The van der Waals surface area contributed by atoms with Crippen molar-refractivity contribution in [3.05, 3.63) is 26.8 Å². The lowest BCUT2D eigenvalue weighted by molar-refractivity contribution is -0.113. The van der Waals surface area contributed by atoms with E-state index in [-0.39, 0.29) is 12.5 Å². The van der Waals surface area contributed by atoms with Crippen molar-refractivity contribution in [3.63, 3.8) is 0 Å². The number of aliphatic hydroxyl groups is 1. The average molecular weight is 337 g/mol. The van der Waals surface area contributed by atoms with Crippen molar-refractivity contribution in [3.8, 4) is 0 Å². The molecule has 2 aliphatic rings. The number of aliphatic imine (C=N–C) groups is 1. The summed E-state index contributed by atoms with van der Waals surface area (Å²) in [5, 5.41) is 11.8. The molecule has 0 saturated carbocycles. The molecule has 1 N–H and O–H groups in total. The fraction of sp³-hybridized carbons (Fsp3) is 0.467. The topological polar surface area (TPSA) is 56.1 Å². The molecule has 0 radical (unpaired) electrons. The van der Waals surface area contributed by atoms with Gasteiger partial charge in [-0.05, 0) is 41.8 Å². The van der Waals surface area contributed by atoms with Crippen LogP contribution in [0.2, 0.25) is 0 Å². The normalized spacial score (nSPS) is 21.7. The third-order valence-electron chi connectivity index (χ3n) is 3.83. The zero-order valence-corrected chi connectivity index (χ0v) is 14.1. The highest BCUT2D eigenvalue weighted by Crippen LogP contribution is 2.32. The Balaban J connectivity index is 1.64. The van der Waals surface area contributed by atoms with Crippen LogP contribution in [0.1, 0.15) is 10.4 Å². The molecule has 1 amide bonds. The van der Waals surface area contributed by atoms with Crippen LogP contribution in [0.3, 0.4) is 0 Å². The minimum absolute atomic E-state index is 0.134. The highest BCUT2D eigenvalue weighted by Gasteiger charge is 2.28. The van der Waals surface area contributed by atoms with E-state index in [1.54, 1.807) is 11.3 Å². The number of aryl methyl sites for hydroxylation is 1. The van der Waals surface area contributed by atoms with Gasteiger partial charge in [-0.15, -0.1) is 11.3 Å². The molecule has 1 aromatic rings. The second-order valence-corrected chi connectivity index (χ2v) is 7.29. The first-order chi connectivity index (χ1) is 10.7.